The monoisotopic (exact) mass is 471 g/mol. The minimum Gasteiger partial charge on any atom is -0.490 e. The molecule has 0 aliphatic heterocycles. The Labute approximate surface area is 202 Å². The van der Waals surface area contributed by atoms with E-state index in [2.05, 4.69) is 12.2 Å². The van der Waals surface area contributed by atoms with Crippen molar-refractivity contribution in [1.82, 2.24) is 5.32 Å². The van der Waals surface area contributed by atoms with Crippen LogP contribution >= 0.6 is 11.6 Å². The summed E-state index contributed by atoms with van der Waals surface area (Å²) in [4.78, 5) is 0. The number of halogens is 2. The third-order valence-electron chi connectivity index (χ3n) is 8.32. The van der Waals surface area contributed by atoms with E-state index in [-0.39, 0.29) is 12.4 Å². The fourth-order valence-electron chi connectivity index (χ4n) is 7.09. The molecular weight excluding hydrogens is 437 g/mol. The lowest BCUT2D eigenvalue weighted by atomic mass is 9.48. The highest BCUT2D eigenvalue weighted by Crippen LogP contribution is 2.61. The second kappa shape index (κ2) is 9.46. The molecule has 0 aromatic heterocycles. The van der Waals surface area contributed by atoms with E-state index in [4.69, 9.17) is 21.1 Å². The van der Waals surface area contributed by atoms with Gasteiger partial charge in [-0.3, -0.25) is 0 Å². The van der Waals surface area contributed by atoms with Crippen LogP contribution in [0.5, 0.6) is 11.5 Å². The Bertz CT molecular complexity index is 959. The zero-order valence-corrected chi connectivity index (χ0v) is 20.5. The zero-order chi connectivity index (χ0) is 23.0. The van der Waals surface area contributed by atoms with E-state index >= 15 is 0 Å². The smallest absolute Gasteiger partial charge is 0.180 e. The summed E-state index contributed by atoms with van der Waals surface area (Å²) in [6, 6.07) is 11.1. The highest BCUT2D eigenvalue weighted by atomic mass is 35.5. The number of benzene rings is 2. The lowest BCUT2D eigenvalue weighted by Crippen LogP contribution is -2.54. The Morgan fingerprint density at radius 1 is 1.06 bits per heavy atom. The average Bonchev–Trinajstić information content (AvgIpc) is 2.77. The summed E-state index contributed by atoms with van der Waals surface area (Å²) in [6.45, 7) is 5.68. The van der Waals surface area contributed by atoms with Crippen molar-refractivity contribution in [1.29, 1.82) is 0 Å². The van der Waals surface area contributed by atoms with Gasteiger partial charge in [-0.25, -0.2) is 4.39 Å². The fourth-order valence-corrected chi connectivity index (χ4v) is 7.38. The molecule has 4 aliphatic carbocycles. The van der Waals surface area contributed by atoms with E-state index in [0.717, 1.165) is 29.9 Å². The summed E-state index contributed by atoms with van der Waals surface area (Å²) >= 11 is 6.62. The van der Waals surface area contributed by atoms with Crippen LogP contribution in [0, 0.1) is 29.0 Å². The van der Waals surface area contributed by atoms with Crippen molar-refractivity contribution in [3.05, 3.63) is 58.4 Å². The fraction of sp³-hybridized carbons (Fsp3) is 0.571. The molecule has 4 saturated carbocycles. The van der Waals surface area contributed by atoms with Gasteiger partial charge >= 0.3 is 0 Å². The normalized spacial score (nSPS) is 28.7. The van der Waals surface area contributed by atoms with Gasteiger partial charge < -0.3 is 14.8 Å². The van der Waals surface area contributed by atoms with Crippen molar-refractivity contribution < 1.29 is 13.9 Å². The molecule has 0 spiro atoms. The molecule has 0 heterocycles. The minimum atomic E-state index is -0.286. The van der Waals surface area contributed by atoms with Gasteiger partial charge in [0, 0.05) is 18.2 Å². The Balaban J connectivity index is 1.27. The molecule has 4 bridgehead atoms. The molecule has 0 saturated heterocycles. The van der Waals surface area contributed by atoms with Gasteiger partial charge in [-0.1, -0.05) is 29.8 Å². The van der Waals surface area contributed by atoms with Gasteiger partial charge in [0.25, 0.3) is 0 Å². The summed E-state index contributed by atoms with van der Waals surface area (Å²) < 4.78 is 25.8. The van der Waals surface area contributed by atoms with Gasteiger partial charge in [0.05, 0.1) is 11.6 Å². The number of rotatable bonds is 9. The minimum absolute atomic E-state index is 0.104. The molecule has 4 fully saturated rings. The maximum Gasteiger partial charge on any atom is 0.180 e. The summed E-state index contributed by atoms with van der Waals surface area (Å²) in [5, 5.41) is 4.33. The largest absolute Gasteiger partial charge is 0.490 e. The number of nitrogens with one attached hydrogen (secondary N) is 1. The van der Waals surface area contributed by atoms with Crippen LogP contribution in [0.1, 0.15) is 63.5 Å². The van der Waals surface area contributed by atoms with Crippen molar-refractivity contribution in [2.24, 2.45) is 23.2 Å². The first-order chi connectivity index (χ1) is 16.0. The molecule has 3 nitrogen and oxygen atoms in total. The van der Waals surface area contributed by atoms with E-state index in [0.29, 0.717) is 40.1 Å². The summed E-state index contributed by atoms with van der Waals surface area (Å²) in [7, 11) is 0. The average molecular weight is 472 g/mol. The Hall–Kier alpha value is -1.78. The molecule has 0 unspecified atom stereocenters. The van der Waals surface area contributed by atoms with Crippen molar-refractivity contribution in [3.8, 4) is 11.5 Å². The predicted octanol–water partition coefficient (Wildman–Crippen LogP) is 7.15. The maximum atomic E-state index is 14.0. The van der Waals surface area contributed by atoms with E-state index < -0.39 is 0 Å². The van der Waals surface area contributed by atoms with Gasteiger partial charge in [0.1, 0.15) is 12.4 Å². The van der Waals surface area contributed by atoms with Crippen molar-refractivity contribution in [2.45, 2.75) is 71.6 Å². The van der Waals surface area contributed by atoms with Crippen LogP contribution in [-0.2, 0) is 13.2 Å². The highest BCUT2D eigenvalue weighted by Gasteiger charge is 2.52. The van der Waals surface area contributed by atoms with Crippen molar-refractivity contribution in [3.63, 3.8) is 0 Å². The standard InChI is InChI=1S/C28H35ClFNO2/c1-3-32-26-12-22(11-24(29)27(26)33-17-23-6-4-5-7-25(23)30)16-31-18(2)28-13-19-8-20(14-28)10-21(9-19)15-28/h4-7,11-12,18-21,31H,3,8-10,13-17H2,1-2H3/t18-,19?,20?,21?,28?/m0/s1. The van der Waals surface area contributed by atoms with Gasteiger partial charge in [-0.15, -0.1) is 0 Å². The maximum absolute atomic E-state index is 14.0. The molecule has 2 aromatic carbocycles. The molecule has 178 valence electrons. The second-order valence-corrected chi connectivity index (χ2v) is 11.0. The SMILES string of the molecule is CCOc1cc(CN[C@@H](C)C23CC4CC(CC(C4)C2)C3)cc(Cl)c1OCc1ccccc1F. The third kappa shape index (κ3) is 4.74. The number of ether oxygens (including phenoxy) is 2. The summed E-state index contributed by atoms with van der Waals surface area (Å²) in [6.07, 6.45) is 8.57. The quantitative estimate of drug-likeness (QED) is 0.421. The summed E-state index contributed by atoms with van der Waals surface area (Å²) in [5.41, 5.74) is 2.04. The Morgan fingerprint density at radius 2 is 1.73 bits per heavy atom. The van der Waals surface area contributed by atoms with Gasteiger partial charge in [0.15, 0.2) is 11.5 Å². The topological polar surface area (TPSA) is 30.5 Å². The first kappa shape index (κ1) is 23.0. The molecule has 0 radical (unpaired) electrons. The number of hydrogen-bond donors (Lipinski definition) is 1. The lowest BCUT2D eigenvalue weighted by Gasteiger charge is -2.59. The summed E-state index contributed by atoms with van der Waals surface area (Å²) in [5.74, 6) is 3.65. The van der Waals surface area contributed by atoms with Crippen LogP contribution in [0.25, 0.3) is 0 Å². The molecule has 2 aromatic rings. The second-order valence-electron chi connectivity index (χ2n) is 10.6. The van der Waals surface area contributed by atoms with Gasteiger partial charge in [-0.05, 0) is 99.3 Å². The molecule has 4 aliphatic rings. The van der Waals surface area contributed by atoms with Gasteiger partial charge in [0.2, 0.25) is 0 Å². The molecule has 0 amide bonds. The first-order valence-electron chi connectivity index (χ1n) is 12.5. The van der Waals surface area contributed by atoms with E-state index in [1.807, 2.05) is 19.1 Å². The molecule has 5 heteroatoms. The van der Waals surface area contributed by atoms with Crippen molar-refractivity contribution >= 4 is 11.6 Å². The lowest BCUT2D eigenvalue weighted by molar-refractivity contribution is -0.0706. The van der Waals surface area contributed by atoms with Gasteiger partial charge in [-0.2, -0.15) is 0 Å². The van der Waals surface area contributed by atoms with Crippen LogP contribution in [0.3, 0.4) is 0 Å². The van der Waals surface area contributed by atoms with E-state index in [9.17, 15) is 4.39 Å². The molecule has 1 N–H and O–H groups in total. The predicted molar refractivity (Wildman–Crippen MR) is 130 cm³/mol. The van der Waals surface area contributed by atoms with Crippen molar-refractivity contribution in [2.75, 3.05) is 6.61 Å². The molecule has 1 atom stereocenters. The zero-order valence-electron chi connectivity index (χ0n) is 19.7. The Kier molecular flexibility index (Phi) is 6.59. The van der Waals surface area contributed by atoms with Crippen LogP contribution in [0.15, 0.2) is 36.4 Å². The molecular formula is C28H35ClFNO2. The Morgan fingerprint density at radius 3 is 2.36 bits per heavy atom. The van der Waals surface area contributed by atoms with Crippen LogP contribution in [0.4, 0.5) is 4.39 Å². The van der Waals surface area contributed by atoms with Crippen LogP contribution in [-0.4, -0.2) is 12.6 Å². The van der Waals surface area contributed by atoms with E-state index in [1.165, 1.54) is 44.6 Å². The molecule has 6 rings (SSSR count). The first-order valence-corrected chi connectivity index (χ1v) is 12.9. The highest BCUT2D eigenvalue weighted by molar-refractivity contribution is 6.32. The van der Waals surface area contributed by atoms with Crippen LogP contribution < -0.4 is 14.8 Å². The van der Waals surface area contributed by atoms with Crippen LogP contribution in [0.2, 0.25) is 5.02 Å². The molecule has 33 heavy (non-hydrogen) atoms. The third-order valence-corrected chi connectivity index (χ3v) is 8.60. The van der Waals surface area contributed by atoms with E-state index in [1.54, 1.807) is 18.2 Å². The number of hydrogen-bond acceptors (Lipinski definition) is 3.